The molecule has 3 aromatic rings. The van der Waals surface area contributed by atoms with Crippen LogP contribution < -0.4 is 10.6 Å². The third-order valence-corrected chi connectivity index (χ3v) is 5.76. The van der Waals surface area contributed by atoms with E-state index < -0.39 is 17.7 Å². The SMILES string of the molecule is CC1(CNc2cc(-c3cnn4cc(Cl)cnc34)ncc2C(=O)NC[C@@H](F)C(C)(C)O)COC1. The Labute approximate surface area is 195 Å². The van der Waals surface area contributed by atoms with Crippen molar-refractivity contribution < 1.29 is 19.0 Å². The lowest BCUT2D eigenvalue weighted by molar-refractivity contribution is -0.0924. The monoisotopic (exact) mass is 476 g/mol. The Bertz CT molecular complexity index is 1170. The molecule has 11 heteroatoms. The zero-order chi connectivity index (χ0) is 23.8. The summed E-state index contributed by atoms with van der Waals surface area (Å²) in [4.78, 5) is 21.6. The lowest BCUT2D eigenvalue weighted by Crippen LogP contribution is -2.45. The number of carbonyl (C=O) groups is 1. The summed E-state index contributed by atoms with van der Waals surface area (Å²) >= 11 is 5.99. The van der Waals surface area contributed by atoms with Crippen LogP contribution in [0.1, 0.15) is 31.1 Å². The molecule has 9 nitrogen and oxygen atoms in total. The molecule has 176 valence electrons. The van der Waals surface area contributed by atoms with Gasteiger partial charge in [-0.3, -0.25) is 9.78 Å². The first-order valence-electron chi connectivity index (χ1n) is 10.5. The van der Waals surface area contributed by atoms with Crippen LogP contribution in [0, 0.1) is 5.41 Å². The van der Waals surface area contributed by atoms with E-state index >= 15 is 0 Å². The van der Waals surface area contributed by atoms with Gasteiger partial charge in [-0.2, -0.15) is 5.10 Å². The molecule has 0 spiro atoms. The summed E-state index contributed by atoms with van der Waals surface area (Å²) < 4.78 is 21.0. The molecule has 1 aliphatic heterocycles. The van der Waals surface area contributed by atoms with Gasteiger partial charge in [-0.1, -0.05) is 18.5 Å². The molecule has 0 radical (unpaired) electrons. The molecule has 0 unspecified atom stereocenters. The third-order valence-electron chi connectivity index (χ3n) is 5.56. The summed E-state index contributed by atoms with van der Waals surface area (Å²) in [5, 5.41) is 20.4. The number of pyridine rings is 1. The molecule has 1 amide bonds. The van der Waals surface area contributed by atoms with E-state index in [-0.39, 0.29) is 17.5 Å². The number of aliphatic hydroxyl groups is 1. The average Bonchev–Trinajstić information content (AvgIpc) is 3.16. The maximum absolute atomic E-state index is 14.1. The molecule has 0 aromatic carbocycles. The van der Waals surface area contributed by atoms with Crippen molar-refractivity contribution in [2.75, 3.05) is 31.6 Å². The van der Waals surface area contributed by atoms with Crippen LogP contribution in [0.5, 0.6) is 0 Å². The van der Waals surface area contributed by atoms with Crippen molar-refractivity contribution in [2.24, 2.45) is 5.41 Å². The predicted octanol–water partition coefficient (Wildman–Crippen LogP) is 2.73. The number of amides is 1. The van der Waals surface area contributed by atoms with Gasteiger partial charge >= 0.3 is 0 Å². The molecular weight excluding hydrogens is 451 g/mol. The average molecular weight is 477 g/mol. The molecule has 0 aliphatic carbocycles. The van der Waals surface area contributed by atoms with E-state index in [1.54, 1.807) is 23.0 Å². The van der Waals surface area contributed by atoms with Crippen LogP contribution in [0.25, 0.3) is 16.9 Å². The number of carbonyl (C=O) groups excluding carboxylic acids is 1. The summed E-state index contributed by atoms with van der Waals surface area (Å²) in [5.74, 6) is -0.497. The lowest BCUT2D eigenvalue weighted by Gasteiger charge is -2.38. The summed E-state index contributed by atoms with van der Waals surface area (Å²) in [6.45, 7) is 6.28. The zero-order valence-electron chi connectivity index (χ0n) is 18.6. The van der Waals surface area contributed by atoms with E-state index in [0.717, 1.165) is 0 Å². The highest BCUT2D eigenvalue weighted by atomic mass is 35.5. The highest BCUT2D eigenvalue weighted by Gasteiger charge is 2.33. The van der Waals surface area contributed by atoms with Crippen LogP contribution in [0.2, 0.25) is 5.02 Å². The molecule has 1 aliphatic rings. The van der Waals surface area contributed by atoms with Gasteiger partial charge in [0.05, 0.1) is 65.3 Å². The summed E-state index contributed by atoms with van der Waals surface area (Å²) in [6.07, 6.45) is 4.61. The van der Waals surface area contributed by atoms with E-state index in [9.17, 15) is 14.3 Å². The fraction of sp³-hybridized carbons (Fsp3) is 0.455. The number of hydrogen-bond donors (Lipinski definition) is 3. The van der Waals surface area contributed by atoms with Crippen LogP contribution in [-0.4, -0.2) is 68.7 Å². The molecule has 3 aromatic heterocycles. The molecule has 1 fully saturated rings. The first kappa shape index (κ1) is 23.3. The Balaban J connectivity index is 1.63. The highest BCUT2D eigenvalue weighted by molar-refractivity contribution is 6.30. The minimum atomic E-state index is -1.62. The van der Waals surface area contributed by atoms with Crippen molar-refractivity contribution >= 4 is 28.8 Å². The van der Waals surface area contributed by atoms with Gasteiger partial charge in [-0.15, -0.1) is 0 Å². The quantitative estimate of drug-likeness (QED) is 0.458. The molecule has 0 bridgehead atoms. The lowest BCUT2D eigenvalue weighted by atomic mass is 9.88. The van der Waals surface area contributed by atoms with Gasteiger partial charge in [0.1, 0.15) is 6.17 Å². The third kappa shape index (κ3) is 5.07. The number of nitrogens with one attached hydrogen (secondary N) is 2. The van der Waals surface area contributed by atoms with Crippen molar-refractivity contribution in [1.82, 2.24) is 24.9 Å². The minimum absolute atomic E-state index is 0.0508. The first-order chi connectivity index (χ1) is 15.6. The largest absolute Gasteiger partial charge is 0.387 e. The molecule has 3 N–H and O–H groups in total. The van der Waals surface area contributed by atoms with Gasteiger partial charge in [-0.05, 0) is 19.9 Å². The number of halogens is 2. The number of fused-ring (bicyclic) bond motifs is 1. The number of ether oxygens (including phenoxy) is 1. The van der Waals surface area contributed by atoms with Crippen LogP contribution >= 0.6 is 11.6 Å². The zero-order valence-corrected chi connectivity index (χ0v) is 19.4. The van der Waals surface area contributed by atoms with Gasteiger partial charge < -0.3 is 20.5 Å². The van der Waals surface area contributed by atoms with E-state index in [1.165, 1.54) is 26.2 Å². The number of alkyl halides is 1. The highest BCUT2D eigenvalue weighted by Crippen LogP contribution is 2.30. The Kier molecular flexibility index (Phi) is 6.26. The van der Waals surface area contributed by atoms with E-state index in [4.69, 9.17) is 16.3 Å². The van der Waals surface area contributed by atoms with Crippen molar-refractivity contribution in [3.05, 3.63) is 41.4 Å². The maximum atomic E-state index is 14.1. The fourth-order valence-corrected chi connectivity index (χ4v) is 3.49. The number of aromatic nitrogens is 4. The smallest absolute Gasteiger partial charge is 0.255 e. The van der Waals surface area contributed by atoms with Crippen LogP contribution in [-0.2, 0) is 4.74 Å². The molecule has 4 rings (SSSR count). The van der Waals surface area contributed by atoms with Crippen molar-refractivity contribution in [2.45, 2.75) is 32.5 Å². The van der Waals surface area contributed by atoms with Crippen molar-refractivity contribution in [1.29, 1.82) is 0 Å². The summed E-state index contributed by atoms with van der Waals surface area (Å²) in [5.41, 5.74) is 0.995. The first-order valence-corrected chi connectivity index (χ1v) is 10.9. The maximum Gasteiger partial charge on any atom is 0.255 e. The predicted molar refractivity (Wildman–Crippen MR) is 122 cm³/mol. The fourth-order valence-electron chi connectivity index (χ4n) is 3.35. The molecule has 0 saturated carbocycles. The Morgan fingerprint density at radius 3 is 2.79 bits per heavy atom. The number of nitrogens with zero attached hydrogens (tertiary/aromatic N) is 4. The Morgan fingerprint density at radius 2 is 2.12 bits per heavy atom. The summed E-state index contributed by atoms with van der Waals surface area (Å²) in [7, 11) is 0. The Hall–Kier alpha value is -2.82. The van der Waals surface area contributed by atoms with Crippen molar-refractivity contribution in [3.63, 3.8) is 0 Å². The van der Waals surface area contributed by atoms with Gasteiger partial charge in [0.25, 0.3) is 5.91 Å². The van der Waals surface area contributed by atoms with Gasteiger partial charge in [0.15, 0.2) is 5.65 Å². The second kappa shape index (κ2) is 8.85. The summed E-state index contributed by atoms with van der Waals surface area (Å²) in [6, 6.07) is 1.74. The van der Waals surface area contributed by atoms with Gasteiger partial charge in [-0.25, -0.2) is 13.9 Å². The Morgan fingerprint density at radius 1 is 1.36 bits per heavy atom. The number of rotatable bonds is 8. The number of hydrogen-bond acceptors (Lipinski definition) is 7. The van der Waals surface area contributed by atoms with E-state index in [0.29, 0.717) is 47.4 Å². The number of anilines is 1. The van der Waals surface area contributed by atoms with Gasteiger partial charge in [0.2, 0.25) is 0 Å². The normalized spacial score (nSPS) is 16.3. The van der Waals surface area contributed by atoms with E-state index in [2.05, 4.69) is 32.6 Å². The second-order valence-corrected chi connectivity index (χ2v) is 9.64. The van der Waals surface area contributed by atoms with E-state index in [1.807, 2.05) is 0 Å². The molecule has 4 heterocycles. The van der Waals surface area contributed by atoms with Gasteiger partial charge in [0, 0.05) is 24.4 Å². The molecule has 1 atom stereocenters. The molecule has 33 heavy (non-hydrogen) atoms. The second-order valence-electron chi connectivity index (χ2n) is 9.20. The van der Waals surface area contributed by atoms with Crippen LogP contribution in [0.15, 0.2) is 30.9 Å². The van der Waals surface area contributed by atoms with Crippen LogP contribution in [0.3, 0.4) is 0 Å². The standard InChI is InChI=1S/C22H26ClFN6O3/c1-21(2,32)18(24)8-27-20(31)15-6-25-16(4-17(15)28-10-22(3)11-33-12-22)14-7-29-30-9-13(23)5-26-19(14)30/h4-7,9,18,32H,8,10-12H2,1-3H3,(H,25,28)(H,27,31)/t18-/m1/s1. The molecular formula is C22H26ClFN6O3. The minimum Gasteiger partial charge on any atom is -0.387 e. The molecule has 1 saturated heterocycles. The van der Waals surface area contributed by atoms with Crippen LogP contribution in [0.4, 0.5) is 10.1 Å². The topological polar surface area (TPSA) is 114 Å². The van der Waals surface area contributed by atoms with Crippen molar-refractivity contribution in [3.8, 4) is 11.3 Å².